The molecular formula is C14H19N3O2. The summed E-state index contributed by atoms with van der Waals surface area (Å²) < 4.78 is 0. The third-order valence-corrected chi connectivity index (χ3v) is 3.31. The summed E-state index contributed by atoms with van der Waals surface area (Å²) in [6, 6.07) is 9.91. The molecule has 0 aliphatic carbocycles. The number of carbonyl (C=O) groups excluding carboxylic acids is 2. The number of rotatable bonds is 6. The quantitative estimate of drug-likeness (QED) is 0.743. The second-order valence-corrected chi connectivity index (χ2v) is 4.72. The highest BCUT2D eigenvalue weighted by molar-refractivity contribution is 6.02. The van der Waals surface area contributed by atoms with Gasteiger partial charge in [0.15, 0.2) is 0 Å². The summed E-state index contributed by atoms with van der Waals surface area (Å²) in [6.07, 6.45) is 1.73. The van der Waals surface area contributed by atoms with Gasteiger partial charge in [0.1, 0.15) is 6.54 Å². The molecule has 5 nitrogen and oxygen atoms in total. The van der Waals surface area contributed by atoms with Gasteiger partial charge in [-0.1, -0.05) is 30.3 Å². The van der Waals surface area contributed by atoms with Crippen molar-refractivity contribution in [3.05, 3.63) is 35.9 Å². The summed E-state index contributed by atoms with van der Waals surface area (Å²) in [5.41, 5.74) is 1.24. The van der Waals surface area contributed by atoms with E-state index in [2.05, 4.69) is 22.8 Å². The van der Waals surface area contributed by atoms with E-state index in [0.29, 0.717) is 6.54 Å². The predicted molar refractivity (Wildman–Crippen MR) is 72.7 cm³/mol. The number of imide groups is 1. The Morgan fingerprint density at radius 2 is 2.05 bits per heavy atom. The summed E-state index contributed by atoms with van der Waals surface area (Å²) in [5, 5.41) is 5.41. The van der Waals surface area contributed by atoms with Gasteiger partial charge < -0.3 is 10.2 Å². The van der Waals surface area contributed by atoms with Crippen molar-refractivity contribution < 1.29 is 9.59 Å². The van der Waals surface area contributed by atoms with Crippen molar-refractivity contribution in [1.29, 1.82) is 0 Å². The number of nitrogens with one attached hydrogen (secondary N) is 2. The SMILES string of the molecule is CNC[C@H](CCc1ccccc1)N1CC(=O)NC1=O. The van der Waals surface area contributed by atoms with E-state index in [1.807, 2.05) is 25.2 Å². The van der Waals surface area contributed by atoms with Crippen LogP contribution >= 0.6 is 0 Å². The molecule has 1 aromatic rings. The number of amides is 3. The number of aryl methyl sites for hydroxylation is 1. The molecule has 1 aliphatic heterocycles. The Morgan fingerprint density at radius 3 is 2.63 bits per heavy atom. The normalized spacial score (nSPS) is 16.6. The number of hydrogen-bond donors (Lipinski definition) is 2. The van der Waals surface area contributed by atoms with Gasteiger partial charge in [0.25, 0.3) is 0 Å². The van der Waals surface area contributed by atoms with Crippen LogP contribution in [-0.2, 0) is 11.2 Å². The van der Waals surface area contributed by atoms with E-state index in [4.69, 9.17) is 0 Å². The van der Waals surface area contributed by atoms with Gasteiger partial charge in [-0.05, 0) is 25.5 Å². The van der Waals surface area contributed by atoms with Crippen LogP contribution in [0.5, 0.6) is 0 Å². The predicted octanol–water partition coefficient (Wildman–Crippen LogP) is 0.759. The number of hydrogen-bond acceptors (Lipinski definition) is 3. The van der Waals surface area contributed by atoms with Crippen LogP contribution in [0.2, 0.25) is 0 Å². The molecule has 3 amide bonds. The van der Waals surface area contributed by atoms with Gasteiger partial charge in [0, 0.05) is 12.6 Å². The molecule has 2 rings (SSSR count). The summed E-state index contributed by atoms with van der Waals surface area (Å²) in [5.74, 6) is -0.217. The lowest BCUT2D eigenvalue weighted by Gasteiger charge is -2.26. The number of carbonyl (C=O) groups is 2. The van der Waals surface area contributed by atoms with E-state index in [9.17, 15) is 9.59 Å². The average molecular weight is 261 g/mol. The highest BCUT2D eigenvalue weighted by Crippen LogP contribution is 2.12. The zero-order valence-electron chi connectivity index (χ0n) is 11.1. The van der Waals surface area contributed by atoms with E-state index in [0.717, 1.165) is 12.8 Å². The van der Waals surface area contributed by atoms with Crippen LogP contribution in [0.1, 0.15) is 12.0 Å². The van der Waals surface area contributed by atoms with Crippen molar-refractivity contribution >= 4 is 11.9 Å². The van der Waals surface area contributed by atoms with Crippen molar-refractivity contribution in [3.8, 4) is 0 Å². The van der Waals surface area contributed by atoms with E-state index < -0.39 is 0 Å². The van der Waals surface area contributed by atoms with Gasteiger partial charge in [-0.25, -0.2) is 4.79 Å². The van der Waals surface area contributed by atoms with Gasteiger partial charge in [-0.15, -0.1) is 0 Å². The molecule has 0 bridgehead atoms. The third-order valence-electron chi connectivity index (χ3n) is 3.31. The largest absolute Gasteiger partial charge is 0.324 e. The van der Waals surface area contributed by atoms with Crippen LogP contribution < -0.4 is 10.6 Å². The van der Waals surface area contributed by atoms with Crippen LogP contribution in [-0.4, -0.2) is 43.0 Å². The van der Waals surface area contributed by atoms with Gasteiger partial charge in [0.05, 0.1) is 0 Å². The fourth-order valence-corrected chi connectivity index (χ4v) is 2.33. The fourth-order valence-electron chi connectivity index (χ4n) is 2.33. The lowest BCUT2D eigenvalue weighted by Crippen LogP contribution is -2.43. The van der Waals surface area contributed by atoms with E-state index >= 15 is 0 Å². The zero-order valence-corrected chi connectivity index (χ0v) is 11.1. The van der Waals surface area contributed by atoms with Crippen LogP contribution in [0.25, 0.3) is 0 Å². The highest BCUT2D eigenvalue weighted by atomic mass is 16.2. The molecular weight excluding hydrogens is 242 g/mol. The molecule has 0 spiro atoms. The molecule has 0 aromatic heterocycles. The minimum Gasteiger partial charge on any atom is -0.318 e. The van der Waals surface area contributed by atoms with Gasteiger partial charge in [0.2, 0.25) is 5.91 Å². The minimum atomic E-state index is -0.279. The van der Waals surface area contributed by atoms with Crippen molar-refractivity contribution in [2.45, 2.75) is 18.9 Å². The molecule has 1 saturated heterocycles. The maximum Gasteiger partial charge on any atom is 0.324 e. The van der Waals surface area contributed by atoms with Gasteiger partial charge in [-0.2, -0.15) is 0 Å². The van der Waals surface area contributed by atoms with Gasteiger partial charge in [-0.3, -0.25) is 10.1 Å². The van der Waals surface area contributed by atoms with Crippen LogP contribution in [0, 0.1) is 0 Å². The molecule has 102 valence electrons. The van der Waals surface area contributed by atoms with Crippen LogP contribution in [0.4, 0.5) is 4.79 Å². The first-order valence-corrected chi connectivity index (χ1v) is 6.49. The molecule has 0 radical (unpaired) electrons. The van der Waals surface area contributed by atoms with Crippen molar-refractivity contribution in [3.63, 3.8) is 0 Å². The Labute approximate surface area is 113 Å². The summed E-state index contributed by atoms with van der Waals surface area (Å²) in [6.45, 7) is 0.855. The zero-order chi connectivity index (χ0) is 13.7. The Balaban J connectivity index is 1.96. The van der Waals surface area contributed by atoms with Crippen molar-refractivity contribution in [2.75, 3.05) is 20.1 Å². The molecule has 19 heavy (non-hydrogen) atoms. The summed E-state index contributed by atoms with van der Waals surface area (Å²) >= 11 is 0. The van der Waals surface area contributed by atoms with Crippen molar-refractivity contribution in [1.82, 2.24) is 15.5 Å². The van der Waals surface area contributed by atoms with Gasteiger partial charge >= 0.3 is 6.03 Å². The molecule has 1 fully saturated rings. The molecule has 1 aliphatic rings. The lowest BCUT2D eigenvalue weighted by molar-refractivity contribution is -0.118. The molecule has 0 unspecified atom stereocenters. The monoisotopic (exact) mass is 261 g/mol. The van der Waals surface area contributed by atoms with Crippen LogP contribution in [0.3, 0.4) is 0 Å². The Morgan fingerprint density at radius 1 is 1.32 bits per heavy atom. The number of nitrogens with zero attached hydrogens (tertiary/aromatic N) is 1. The molecule has 2 N–H and O–H groups in total. The number of benzene rings is 1. The maximum atomic E-state index is 11.7. The Hall–Kier alpha value is -1.88. The second kappa shape index (κ2) is 6.33. The van der Waals surface area contributed by atoms with E-state index in [1.54, 1.807) is 4.90 Å². The highest BCUT2D eigenvalue weighted by Gasteiger charge is 2.32. The number of urea groups is 1. The number of likely N-dealkylation sites (N-methyl/N-ethyl adjacent to an activating group) is 1. The molecule has 1 aromatic carbocycles. The van der Waals surface area contributed by atoms with E-state index in [1.165, 1.54) is 5.56 Å². The second-order valence-electron chi connectivity index (χ2n) is 4.72. The fraction of sp³-hybridized carbons (Fsp3) is 0.429. The smallest absolute Gasteiger partial charge is 0.318 e. The summed E-state index contributed by atoms with van der Waals surface area (Å²) in [7, 11) is 1.85. The molecule has 1 atom stereocenters. The summed E-state index contributed by atoms with van der Waals surface area (Å²) in [4.78, 5) is 24.5. The first kappa shape index (κ1) is 13.5. The van der Waals surface area contributed by atoms with E-state index in [-0.39, 0.29) is 24.5 Å². The van der Waals surface area contributed by atoms with Crippen molar-refractivity contribution in [2.24, 2.45) is 0 Å². The topological polar surface area (TPSA) is 61.4 Å². The Kier molecular flexibility index (Phi) is 4.52. The first-order chi connectivity index (χ1) is 9.20. The molecule has 0 saturated carbocycles. The average Bonchev–Trinajstić information content (AvgIpc) is 2.75. The minimum absolute atomic E-state index is 0.0386. The lowest BCUT2D eigenvalue weighted by atomic mass is 10.0. The first-order valence-electron chi connectivity index (χ1n) is 6.49. The standard InChI is InChI=1S/C14H19N3O2/c1-15-9-12(17-10-13(18)16-14(17)19)8-7-11-5-3-2-4-6-11/h2-6,12,15H,7-10H2,1H3,(H,16,18,19)/t12-/m0/s1. The maximum absolute atomic E-state index is 11.7. The molecule has 5 heteroatoms. The molecule has 1 heterocycles. The van der Waals surface area contributed by atoms with Crippen LogP contribution in [0.15, 0.2) is 30.3 Å². The Bertz CT molecular complexity index is 447. The third kappa shape index (κ3) is 3.54.